The van der Waals surface area contributed by atoms with Crippen molar-refractivity contribution in [1.82, 2.24) is 0 Å². The summed E-state index contributed by atoms with van der Waals surface area (Å²) in [5, 5.41) is 0. The number of hydrogen-bond donors (Lipinski definition) is 0. The molecule has 0 amide bonds. The molecule has 0 bridgehead atoms. The fourth-order valence-electron chi connectivity index (χ4n) is 2.48. The first-order valence-electron chi connectivity index (χ1n) is 6.37. The summed E-state index contributed by atoms with van der Waals surface area (Å²) in [5.74, 6) is 2.77. The van der Waals surface area contributed by atoms with Crippen molar-refractivity contribution in [2.24, 2.45) is 17.8 Å². The van der Waals surface area contributed by atoms with E-state index in [0.717, 1.165) is 24.4 Å². The van der Waals surface area contributed by atoms with Crippen molar-refractivity contribution in [3.05, 3.63) is 0 Å². The standard InChI is InChI=1S/C13H24O/c1-10(2)12-5-7-13(8-6-12)14-9-11-3-4-11/h10-13H,3-9H2,1-2H3. The molecule has 0 aliphatic heterocycles. The second-order valence-electron chi connectivity index (χ2n) is 5.56. The lowest BCUT2D eigenvalue weighted by Gasteiger charge is -2.30. The predicted octanol–water partition coefficient (Wildman–Crippen LogP) is 3.63. The highest BCUT2D eigenvalue weighted by Crippen LogP contribution is 2.34. The third-order valence-corrected chi connectivity index (χ3v) is 3.93. The molecule has 0 spiro atoms. The van der Waals surface area contributed by atoms with Crippen LogP contribution in [-0.4, -0.2) is 12.7 Å². The molecule has 0 unspecified atom stereocenters. The highest BCUT2D eigenvalue weighted by Gasteiger charge is 2.26. The van der Waals surface area contributed by atoms with Crippen LogP contribution in [0.2, 0.25) is 0 Å². The van der Waals surface area contributed by atoms with E-state index in [9.17, 15) is 0 Å². The molecule has 0 saturated heterocycles. The van der Waals surface area contributed by atoms with Crippen molar-refractivity contribution in [3.8, 4) is 0 Å². The number of rotatable bonds is 4. The van der Waals surface area contributed by atoms with Gasteiger partial charge in [0.05, 0.1) is 6.10 Å². The Hall–Kier alpha value is -0.0400. The quantitative estimate of drug-likeness (QED) is 0.667. The first-order chi connectivity index (χ1) is 6.75. The maximum atomic E-state index is 5.93. The lowest BCUT2D eigenvalue weighted by molar-refractivity contribution is 0.00767. The van der Waals surface area contributed by atoms with E-state index in [1.165, 1.54) is 38.5 Å². The lowest BCUT2D eigenvalue weighted by Crippen LogP contribution is -2.24. The molecule has 0 heterocycles. The molecule has 2 aliphatic rings. The first kappa shape index (κ1) is 10.5. The van der Waals surface area contributed by atoms with Crippen LogP contribution in [-0.2, 0) is 4.74 Å². The zero-order chi connectivity index (χ0) is 9.97. The normalized spacial score (nSPS) is 33.6. The van der Waals surface area contributed by atoms with Gasteiger partial charge in [-0.2, -0.15) is 0 Å². The lowest BCUT2D eigenvalue weighted by atomic mass is 9.80. The van der Waals surface area contributed by atoms with Gasteiger partial charge in [0, 0.05) is 6.61 Å². The SMILES string of the molecule is CC(C)C1CCC(OCC2CC2)CC1. The van der Waals surface area contributed by atoms with Gasteiger partial charge >= 0.3 is 0 Å². The molecule has 14 heavy (non-hydrogen) atoms. The summed E-state index contributed by atoms with van der Waals surface area (Å²) < 4.78 is 5.93. The zero-order valence-corrected chi connectivity index (χ0v) is 9.67. The van der Waals surface area contributed by atoms with E-state index < -0.39 is 0 Å². The van der Waals surface area contributed by atoms with Crippen molar-refractivity contribution in [2.75, 3.05) is 6.61 Å². The van der Waals surface area contributed by atoms with E-state index in [4.69, 9.17) is 4.74 Å². The molecule has 0 aromatic heterocycles. The Bertz CT molecular complexity index is 164. The molecule has 82 valence electrons. The van der Waals surface area contributed by atoms with Crippen LogP contribution < -0.4 is 0 Å². The third-order valence-electron chi connectivity index (χ3n) is 3.93. The highest BCUT2D eigenvalue weighted by molar-refractivity contribution is 4.77. The second kappa shape index (κ2) is 4.65. The van der Waals surface area contributed by atoms with Crippen LogP contribution in [0.25, 0.3) is 0 Å². The van der Waals surface area contributed by atoms with Crippen LogP contribution >= 0.6 is 0 Å². The van der Waals surface area contributed by atoms with Gasteiger partial charge in [0.1, 0.15) is 0 Å². The molecule has 2 fully saturated rings. The number of hydrogen-bond acceptors (Lipinski definition) is 1. The van der Waals surface area contributed by atoms with Crippen LogP contribution in [0.1, 0.15) is 52.4 Å². The van der Waals surface area contributed by atoms with E-state index in [-0.39, 0.29) is 0 Å². The molecule has 0 N–H and O–H groups in total. The average Bonchev–Trinajstić information content (AvgIpc) is 2.99. The van der Waals surface area contributed by atoms with Crippen LogP contribution in [0, 0.1) is 17.8 Å². The molecule has 1 nitrogen and oxygen atoms in total. The van der Waals surface area contributed by atoms with Gasteiger partial charge in [-0.05, 0) is 56.3 Å². The van der Waals surface area contributed by atoms with E-state index in [1.54, 1.807) is 0 Å². The van der Waals surface area contributed by atoms with Crippen LogP contribution in [0.3, 0.4) is 0 Å². The van der Waals surface area contributed by atoms with Gasteiger partial charge in [-0.25, -0.2) is 0 Å². The highest BCUT2D eigenvalue weighted by atomic mass is 16.5. The molecular formula is C13H24O. The minimum atomic E-state index is 0.602. The molecule has 0 radical (unpaired) electrons. The largest absolute Gasteiger partial charge is 0.378 e. The van der Waals surface area contributed by atoms with Gasteiger partial charge in [0.2, 0.25) is 0 Å². The zero-order valence-electron chi connectivity index (χ0n) is 9.67. The Kier molecular flexibility index (Phi) is 3.48. The smallest absolute Gasteiger partial charge is 0.0575 e. The predicted molar refractivity (Wildman–Crippen MR) is 59.3 cm³/mol. The third kappa shape index (κ3) is 2.98. The van der Waals surface area contributed by atoms with E-state index in [0.29, 0.717) is 6.10 Å². The number of ether oxygens (including phenoxy) is 1. The average molecular weight is 196 g/mol. The molecular weight excluding hydrogens is 172 g/mol. The summed E-state index contributed by atoms with van der Waals surface area (Å²) in [6.45, 7) is 5.77. The first-order valence-corrected chi connectivity index (χ1v) is 6.37. The van der Waals surface area contributed by atoms with Crippen LogP contribution in [0.4, 0.5) is 0 Å². The Morgan fingerprint density at radius 1 is 1.00 bits per heavy atom. The van der Waals surface area contributed by atoms with Crippen LogP contribution in [0.15, 0.2) is 0 Å². The summed E-state index contributed by atoms with van der Waals surface area (Å²) in [6, 6.07) is 0. The van der Waals surface area contributed by atoms with Crippen molar-refractivity contribution < 1.29 is 4.74 Å². The van der Waals surface area contributed by atoms with Gasteiger partial charge in [-0.1, -0.05) is 13.8 Å². The minimum Gasteiger partial charge on any atom is -0.378 e. The van der Waals surface area contributed by atoms with Gasteiger partial charge in [0.25, 0.3) is 0 Å². The Balaban J connectivity index is 1.62. The van der Waals surface area contributed by atoms with E-state index >= 15 is 0 Å². The minimum absolute atomic E-state index is 0.602. The van der Waals surface area contributed by atoms with Crippen molar-refractivity contribution in [1.29, 1.82) is 0 Å². The molecule has 2 aliphatic carbocycles. The van der Waals surface area contributed by atoms with Crippen molar-refractivity contribution >= 4 is 0 Å². The monoisotopic (exact) mass is 196 g/mol. The van der Waals surface area contributed by atoms with E-state index in [2.05, 4.69) is 13.8 Å². The van der Waals surface area contributed by atoms with Gasteiger partial charge in [-0.15, -0.1) is 0 Å². The maximum Gasteiger partial charge on any atom is 0.0575 e. The molecule has 0 atom stereocenters. The maximum absolute atomic E-state index is 5.93. The molecule has 1 heteroatoms. The topological polar surface area (TPSA) is 9.23 Å². The fourth-order valence-corrected chi connectivity index (χ4v) is 2.48. The van der Waals surface area contributed by atoms with Gasteiger partial charge < -0.3 is 4.74 Å². The molecule has 0 aromatic carbocycles. The molecule has 2 saturated carbocycles. The Morgan fingerprint density at radius 2 is 1.64 bits per heavy atom. The Morgan fingerprint density at radius 3 is 2.14 bits per heavy atom. The van der Waals surface area contributed by atoms with Gasteiger partial charge in [0.15, 0.2) is 0 Å². The summed E-state index contributed by atoms with van der Waals surface area (Å²) in [5.41, 5.74) is 0. The van der Waals surface area contributed by atoms with E-state index in [1.807, 2.05) is 0 Å². The van der Waals surface area contributed by atoms with Crippen LogP contribution in [0.5, 0.6) is 0 Å². The Labute approximate surface area is 88.2 Å². The summed E-state index contributed by atoms with van der Waals surface area (Å²) >= 11 is 0. The van der Waals surface area contributed by atoms with Crippen molar-refractivity contribution in [2.45, 2.75) is 58.5 Å². The molecule has 2 rings (SSSR count). The second-order valence-corrected chi connectivity index (χ2v) is 5.56. The van der Waals surface area contributed by atoms with Gasteiger partial charge in [-0.3, -0.25) is 0 Å². The fraction of sp³-hybridized carbons (Fsp3) is 1.00. The summed E-state index contributed by atoms with van der Waals surface area (Å²) in [4.78, 5) is 0. The summed E-state index contributed by atoms with van der Waals surface area (Å²) in [6.07, 6.45) is 8.86. The molecule has 0 aromatic rings. The van der Waals surface area contributed by atoms with Crippen molar-refractivity contribution in [3.63, 3.8) is 0 Å². The summed E-state index contributed by atoms with van der Waals surface area (Å²) in [7, 11) is 0.